The third-order valence-corrected chi connectivity index (χ3v) is 0.645. The van der Waals surface area contributed by atoms with Crippen LogP contribution < -0.4 is 0 Å². The summed E-state index contributed by atoms with van der Waals surface area (Å²) in [5.41, 5.74) is 0. The third kappa shape index (κ3) is 2.52. The van der Waals surface area contributed by atoms with E-state index in [9.17, 15) is 9.59 Å². The molecule has 0 aliphatic heterocycles. The first-order valence-corrected chi connectivity index (χ1v) is 2.20. The van der Waals surface area contributed by atoms with Gasteiger partial charge in [0.15, 0.2) is 6.19 Å². The molecule has 0 unspecified atom stereocenters. The topological polar surface area (TPSA) is 102 Å². The molecule has 0 saturated carbocycles. The van der Waals surface area contributed by atoms with E-state index >= 15 is 0 Å². The highest BCUT2D eigenvalue weighted by Gasteiger charge is 2.13. The van der Waals surface area contributed by atoms with E-state index in [0.717, 1.165) is 0 Å². The molecule has 0 atom stereocenters. The summed E-state index contributed by atoms with van der Waals surface area (Å²) in [6.45, 7) is -0.814. The van der Waals surface area contributed by atoms with E-state index in [1.807, 2.05) is 0 Å². The Morgan fingerprint density at radius 2 is 2.00 bits per heavy atom. The first-order chi connectivity index (χ1) is 4.57. The van der Waals surface area contributed by atoms with Crippen molar-refractivity contribution in [2.75, 3.05) is 6.54 Å². The second kappa shape index (κ2) is 3.29. The minimum Gasteiger partial charge on any atom is -0.480 e. The van der Waals surface area contributed by atoms with Crippen molar-refractivity contribution >= 4 is 12.1 Å². The Kier molecular flexibility index (Phi) is 2.71. The molecule has 2 N–H and O–H groups in total. The number of nitrogens with zero attached hydrogens (tertiary/aromatic N) is 2. The van der Waals surface area contributed by atoms with Gasteiger partial charge in [-0.05, 0) is 0 Å². The molecule has 0 aromatic heterocycles. The average molecular weight is 144 g/mol. The zero-order valence-electron chi connectivity index (χ0n) is 4.81. The Morgan fingerprint density at radius 1 is 1.50 bits per heavy atom. The molecule has 6 heteroatoms. The van der Waals surface area contributed by atoms with Crippen molar-refractivity contribution in [3.63, 3.8) is 0 Å². The fourth-order valence-corrected chi connectivity index (χ4v) is 0.281. The van der Waals surface area contributed by atoms with Crippen LogP contribution in [0.2, 0.25) is 0 Å². The van der Waals surface area contributed by atoms with Crippen LogP contribution in [0.1, 0.15) is 0 Å². The smallest absolute Gasteiger partial charge is 0.421 e. The van der Waals surface area contributed by atoms with Gasteiger partial charge in [-0.1, -0.05) is 0 Å². The molecule has 6 nitrogen and oxygen atoms in total. The fourth-order valence-electron chi connectivity index (χ4n) is 0.281. The van der Waals surface area contributed by atoms with Crippen molar-refractivity contribution in [1.82, 2.24) is 4.90 Å². The highest BCUT2D eigenvalue weighted by molar-refractivity contribution is 5.76. The van der Waals surface area contributed by atoms with Gasteiger partial charge in [-0.25, -0.2) is 9.69 Å². The molecule has 0 fully saturated rings. The molecule has 0 rings (SSSR count). The number of carboxylic acid groups (broad SMARTS) is 2. The van der Waals surface area contributed by atoms with Gasteiger partial charge in [0, 0.05) is 0 Å². The molecular weight excluding hydrogens is 140 g/mol. The number of carbonyl (C=O) groups is 2. The van der Waals surface area contributed by atoms with Crippen LogP contribution in [0.25, 0.3) is 0 Å². The van der Waals surface area contributed by atoms with Crippen LogP contribution in [0, 0.1) is 11.5 Å². The number of amides is 1. The quantitative estimate of drug-likeness (QED) is 0.403. The maximum Gasteiger partial charge on any atom is 0.421 e. The van der Waals surface area contributed by atoms with Crippen molar-refractivity contribution in [3.05, 3.63) is 0 Å². The predicted molar refractivity (Wildman–Crippen MR) is 28.0 cm³/mol. The summed E-state index contributed by atoms with van der Waals surface area (Å²) in [4.78, 5) is 19.8. The van der Waals surface area contributed by atoms with Crippen molar-refractivity contribution in [2.24, 2.45) is 0 Å². The lowest BCUT2D eigenvalue weighted by molar-refractivity contribution is -0.137. The molecule has 0 aliphatic rings. The zero-order valence-corrected chi connectivity index (χ0v) is 4.81. The molecule has 0 aliphatic carbocycles. The summed E-state index contributed by atoms with van der Waals surface area (Å²) in [5, 5.41) is 24.0. The van der Waals surface area contributed by atoms with Gasteiger partial charge in [0.05, 0.1) is 0 Å². The molecule has 1 amide bonds. The van der Waals surface area contributed by atoms with Gasteiger partial charge >= 0.3 is 12.1 Å². The van der Waals surface area contributed by atoms with Gasteiger partial charge in [-0.15, -0.1) is 0 Å². The Morgan fingerprint density at radius 3 is 2.10 bits per heavy atom. The third-order valence-electron chi connectivity index (χ3n) is 0.645. The first-order valence-electron chi connectivity index (χ1n) is 2.20. The Bertz CT molecular complexity index is 194. The lowest BCUT2D eigenvalue weighted by atomic mass is 10.6. The minimum absolute atomic E-state index is 0.113. The van der Waals surface area contributed by atoms with E-state index < -0.39 is 18.6 Å². The molecule has 0 bridgehead atoms. The summed E-state index contributed by atoms with van der Waals surface area (Å²) in [6.07, 6.45) is -0.379. The molecule has 54 valence electrons. The highest BCUT2D eigenvalue weighted by Crippen LogP contribution is 1.84. The second-order valence-corrected chi connectivity index (χ2v) is 1.36. The molecule has 0 heterocycles. The van der Waals surface area contributed by atoms with E-state index in [1.54, 1.807) is 0 Å². The molecular formula is C4H4N2O4. The molecule has 0 aromatic rings. The largest absolute Gasteiger partial charge is 0.480 e. The number of hydrogen-bond acceptors (Lipinski definition) is 3. The number of carboxylic acids is 1. The van der Waals surface area contributed by atoms with E-state index in [1.165, 1.54) is 6.19 Å². The van der Waals surface area contributed by atoms with Gasteiger partial charge < -0.3 is 10.2 Å². The van der Waals surface area contributed by atoms with Gasteiger partial charge in [0.1, 0.15) is 6.54 Å². The standard InChI is InChI=1S/C4H4N2O4/c5-2-6(4(9)10)1-3(7)8/h1H2,(H,7,8)(H,9,10). The summed E-state index contributed by atoms with van der Waals surface area (Å²) >= 11 is 0. The van der Waals surface area contributed by atoms with E-state index in [0.29, 0.717) is 0 Å². The van der Waals surface area contributed by atoms with Crippen LogP contribution >= 0.6 is 0 Å². The SMILES string of the molecule is N#CN(CC(=O)O)C(=O)O. The predicted octanol–water partition coefficient (Wildman–Crippen LogP) is -0.468. The van der Waals surface area contributed by atoms with Crippen molar-refractivity contribution in [3.8, 4) is 6.19 Å². The van der Waals surface area contributed by atoms with Crippen LogP contribution in [-0.4, -0.2) is 33.7 Å². The number of nitriles is 1. The normalized spacial score (nSPS) is 7.90. The average Bonchev–Trinajstić information content (AvgIpc) is 1.81. The molecule has 0 radical (unpaired) electrons. The van der Waals surface area contributed by atoms with Gasteiger partial charge in [0.2, 0.25) is 0 Å². The molecule has 0 saturated heterocycles. The Labute approximate surface area is 55.9 Å². The van der Waals surface area contributed by atoms with Gasteiger partial charge in [0.25, 0.3) is 0 Å². The molecule has 0 aromatic carbocycles. The van der Waals surface area contributed by atoms with E-state index in [4.69, 9.17) is 15.5 Å². The Balaban J connectivity index is 4.00. The molecule has 0 spiro atoms. The lowest BCUT2D eigenvalue weighted by Gasteiger charge is -2.03. The van der Waals surface area contributed by atoms with Crippen LogP contribution in [0.15, 0.2) is 0 Å². The molecule has 10 heavy (non-hydrogen) atoms. The highest BCUT2D eigenvalue weighted by atomic mass is 16.4. The number of hydrogen-bond donors (Lipinski definition) is 2. The minimum atomic E-state index is -1.56. The van der Waals surface area contributed by atoms with Crippen molar-refractivity contribution in [2.45, 2.75) is 0 Å². The maximum atomic E-state index is 9.91. The number of rotatable bonds is 2. The monoisotopic (exact) mass is 144 g/mol. The summed E-state index contributed by atoms with van der Waals surface area (Å²) in [5.74, 6) is -1.36. The number of aliphatic carboxylic acids is 1. The Hall–Kier alpha value is -1.77. The second-order valence-electron chi connectivity index (χ2n) is 1.36. The lowest BCUT2D eigenvalue weighted by Crippen LogP contribution is -2.29. The van der Waals surface area contributed by atoms with E-state index in [-0.39, 0.29) is 4.90 Å². The van der Waals surface area contributed by atoms with Gasteiger partial charge in [-0.2, -0.15) is 5.26 Å². The van der Waals surface area contributed by atoms with E-state index in [2.05, 4.69) is 0 Å². The van der Waals surface area contributed by atoms with Crippen LogP contribution in [0.4, 0.5) is 4.79 Å². The van der Waals surface area contributed by atoms with Crippen LogP contribution in [0.3, 0.4) is 0 Å². The van der Waals surface area contributed by atoms with Gasteiger partial charge in [-0.3, -0.25) is 4.79 Å². The summed E-state index contributed by atoms with van der Waals surface area (Å²) in [7, 11) is 0. The van der Waals surface area contributed by atoms with Crippen molar-refractivity contribution < 1.29 is 19.8 Å². The maximum absolute atomic E-state index is 9.91. The van der Waals surface area contributed by atoms with Crippen LogP contribution in [0.5, 0.6) is 0 Å². The fraction of sp³-hybridized carbons (Fsp3) is 0.250. The van der Waals surface area contributed by atoms with Crippen LogP contribution in [-0.2, 0) is 4.79 Å². The summed E-state index contributed by atoms with van der Waals surface area (Å²) < 4.78 is 0. The first kappa shape index (κ1) is 8.23. The van der Waals surface area contributed by atoms with Crippen molar-refractivity contribution in [1.29, 1.82) is 5.26 Å². The zero-order chi connectivity index (χ0) is 8.15. The summed E-state index contributed by atoms with van der Waals surface area (Å²) in [6, 6.07) is 0.